The van der Waals surface area contributed by atoms with E-state index in [9.17, 15) is 9.59 Å². The van der Waals surface area contributed by atoms with Gasteiger partial charge in [0.25, 0.3) is 5.91 Å². The average Bonchev–Trinajstić information content (AvgIpc) is 3.35. The van der Waals surface area contributed by atoms with Gasteiger partial charge in [-0.15, -0.1) is 10.2 Å². The predicted molar refractivity (Wildman–Crippen MR) is 146 cm³/mol. The third kappa shape index (κ3) is 6.47. The Labute approximate surface area is 222 Å². The number of aromatic nitrogens is 5. The van der Waals surface area contributed by atoms with Gasteiger partial charge in [-0.05, 0) is 74.7 Å². The Morgan fingerprint density at radius 2 is 1.63 bits per heavy atom. The van der Waals surface area contributed by atoms with Gasteiger partial charge in [0.15, 0.2) is 0 Å². The molecule has 0 aliphatic carbocycles. The highest BCUT2D eigenvalue weighted by atomic mass is 16.2. The number of benzene rings is 2. The van der Waals surface area contributed by atoms with Gasteiger partial charge in [-0.2, -0.15) is 4.80 Å². The number of rotatable bonds is 8. The van der Waals surface area contributed by atoms with E-state index < -0.39 is 11.6 Å². The van der Waals surface area contributed by atoms with Gasteiger partial charge in [-0.25, -0.2) is 0 Å². The van der Waals surface area contributed by atoms with Crippen LogP contribution in [-0.2, 0) is 22.6 Å². The normalized spacial score (nSPS) is 12.1. The zero-order valence-corrected chi connectivity index (χ0v) is 22.4. The number of nitrogens with zero attached hydrogens (tertiary/aromatic N) is 6. The molecule has 0 spiro atoms. The highest BCUT2D eigenvalue weighted by Crippen LogP contribution is 2.29. The summed E-state index contributed by atoms with van der Waals surface area (Å²) in [5.41, 5.74) is 3.79. The van der Waals surface area contributed by atoms with E-state index in [1.54, 1.807) is 24.5 Å². The molecule has 0 saturated heterocycles. The zero-order chi connectivity index (χ0) is 27.3. The minimum atomic E-state index is -0.933. The summed E-state index contributed by atoms with van der Waals surface area (Å²) in [6.45, 7) is 9.59. The van der Waals surface area contributed by atoms with Gasteiger partial charge >= 0.3 is 0 Å². The molecule has 0 saturated carbocycles. The number of pyridine rings is 1. The molecular formula is C29H33N7O2. The number of carbonyl (C=O) groups is 2. The number of nitrogens with one attached hydrogen (secondary N) is 1. The summed E-state index contributed by atoms with van der Waals surface area (Å²) in [5, 5.41) is 15.7. The van der Waals surface area contributed by atoms with Crippen molar-refractivity contribution in [1.82, 2.24) is 30.5 Å². The van der Waals surface area contributed by atoms with E-state index in [0.717, 1.165) is 23.1 Å². The number of carbonyl (C=O) groups excluding carboxylic acids is 2. The van der Waals surface area contributed by atoms with Gasteiger partial charge in [0.2, 0.25) is 11.7 Å². The van der Waals surface area contributed by atoms with Crippen molar-refractivity contribution in [3.63, 3.8) is 0 Å². The number of tetrazole rings is 1. The molecule has 1 N–H and O–H groups in total. The number of aryl methyl sites for hydroxylation is 2. The van der Waals surface area contributed by atoms with E-state index >= 15 is 0 Å². The molecule has 0 fully saturated rings. The van der Waals surface area contributed by atoms with Crippen LogP contribution in [0.1, 0.15) is 50.4 Å². The lowest BCUT2D eigenvalue weighted by molar-refractivity contribution is -0.128. The molecule has 2 aromatic heterocycles. The molecule has 0 radical (unpaired) electrons. The first-order chi connectivity index (χ1) is 18.1. The molecule has 1 unspecified atom stereocenters. The van der Waals surface area contributed by atoms with Gasteiger partial charge in [0.05, 0.1) is 0 Å². The molecule has 0 aliphatic heterocycles. The lowest BCUT2D eigenvalue weighted by atomic mass is 10.0. The van der Waals surface area contributed by atoms with Gasteiger partial charge in [-0.3, -0.25) is 19.5 Å². The first-order valence-corrected chi connectivity index (χ1v) is 12.6. The first kappa shape index (κ1) is 26.7. The monoisotopic (exact) mass is 511 g/mol. The maximum absolute atomic E-state index is 13.9. The van der Waals surface area contributed by atoms with Crippen LogP contribution >= 0.6 is 0 Å². The van der Waals surface area contributed by atoms with Crippen molar-refractivity contribution in [3.05, 3.63) is 89.7 Å². The second-order valence-corrected chi connectivity index (χ2v) is 10.2. The molecule has 1 atom stereocenters. The zero-order valence-electron chi connectivity index (χ0n) is 22.4. The Morgan fingerprint density at radius 3 is 2.24 bits per heavy atom. The van der Waals surface area contributed by atoms with Gasteiger partial charge < -0.3 is 5.32 Å². The van der Waals surface area contributed by atoms with Crippen molar-refractivity contribution < 1.29 is 9.59 Å². The number of anilines is 1. The van der Waals surface area contributed by atoms with Crippen LogP contribution in [0.25, 0.3) is 11.4 Å². The van der Waals surface area contributed by atoms with Gasteiger partial charge in [-0.1, -0.05) is 48.9 Å². The molecule has 9 nitrogen and oxygen atoms in total. The van der Waals surface area contributed by atoms with Crippen molar-refractivity contribution >= 4 is 17.5 Å². The predicted octanol–water partition coefficient (Wildman–Crippen LogP) is 4.30. The third-order valence-corrected chi connectivity index (χ3v) is 5.96. The second kappa shape index (κ2) is 11.3. The molecule has 9 heteroatoms. The minimum absolute atomic E-state index is 0.196. The summed E-state index contributed by atoms with van der Waals surface area (Å²) in [5.74, 6) is -0.232. The highest BCUT2D eigenvalue weighted by Gasteiger charge is 2.34. The molecule has 0 bridgehead atoms. The number of hydrogen-bond acceptors (Lipinski definition) is 6. The van der Waals surface area contributed by atoms with Crippen LogP contribution in [0.5, 0.6) is 0 Å². The van der Waals surface area contributed by atoms with Crippen LogP contribution in [0.4, 0.5) is 5.69 Å². The fourth-order valence-corrected chi connectivity index (χ4v) is 4.06. The summed E-state index contributed by atoms with van der Waals surface area (Å²) in [6.07, 6.45) is 4.09. The summed E-state index contributed by atoms with van der Waals surface area (Å²) >= 11 is 0. The van der Waals surface area contributed by atoms with Crippen LogP contribution in [0.2, 0.25) is 0 Å². The first-order valence-electron chi connectivity index (χ1n) is 12.6. The van der Waals surface area contributed by atoms with Crippen LogP contribution in [0.15, 0.2) is 73.1 Å². The van der Waals surface area contributed by atoms with Crippen LogP contribution in [-0.4, -0.2) is 42.5 Å². The van der Waals surface area contributed by atoms with E-state index in [0.29, 0.717) is 17.1 Å². The standard InChI is InChI=1S/C29H33N7O2/c1-6-21-9-13-24(14-10-21)36(26(22-15-17-30-18-16-22)28(38)31-29(3,4)5)25(37)19-35-33-27(32-34-35)23-11-7-20(2)8-12-23/h7-18,26H,6,19H2,1-5H3,(H,31,38). The van der Waals surface area contributed by atoms with Crippen LogP contribution in [0, 0.1) is 6.92 Å². The molecule has 0 aliphatic rings. The molecule has 2 heterocycles. The number of amides is 2. The smallest absolute Gasteiger partial charge is 0.251 e. The van der Waals surface area contributed by atoms with E-state index in [-0.39, 0.29) is 18.4 Å². The maximum Gasteiger partial charge on any atom is 0.251 e. The lowest BCUT2D eigenvalue weighted by Gasteiger charge is -2.33. The Kier molecular flexibility index (Phi) is 7.95. The van der Waals surface area contributed by atoms with Crippen molar-refractivity contribution in [2.45, 2.75) is 59.2 Å². The molecule has 2 amide bonds. The molecule has 196 valence electrons. The van der Waals surface area contributed by atoms with Crippen molar-refractivity contribution in [3.8, 4) is 11.4 Å². The largest absolute Gasteiger partial charge is 0.349 e. The van der Waals surface area contributed by atoms with Crippen LogP contribution < -0.4 is 10.2 Å². The maximum atomic E-state index is 13.9. The average molecular weight is 512 g/mol. The summed E-state index contributed by atoms with van der Waals surface area (Å²) in [6, 6.07) is 18.0. The van der Waals surface area contributed by atoms with E-state index in [1.165, 1.54) is 9.70 Å². The Balaban J connectivity index is 1.72. The van der Waals surface area contributed by atoms with Gasteiger partial charge in [0.1, 0.15) is 12.6 Å². The second-order valence-electron chi connectivity index (χ2n) is 10.2. The van der Waals surface area contributed by atoms with E-state index in [2.05, 4.69) is 32.6 Å². The summed E-state index contributed by atoms with van der Waals surface area (Å²) in [7, 11) is 0. The Hall–Kier alpha value is -4.40. The minimum Gasteiger partial charge on any atom is -0.349 e. The summed E-state index contributed by atoms with van der Waals surface area (Å²) < 4.78 is 0. The van der Waals surface area contributed by atoms with Crippen molar-refractivity contribution in [2.24, 2.45) is 0 Å². The Morgan fingerprint density at radius 1 is 0.974 bits per heavy atom. The Bertz CT molecular complexity index is 1380. The number of hydrogen-bond donors (Lipinski definition) is 1. The van der Waals surface area contributed by atoms with E-state index in [1.807, 2.05) is 76.2 Å². The summed E-state index contributed by atoms with van der Waals surface area (Å²) in [4.78, 5) is 34.5. The fourth-order valence-electron chi connectivity index (χ4n) is 4.06. The highest BCUT2D eigenvalue weighted by molar-refractivity contribution is 6.01. The van der Waals surface area contributed by atoms with Crippen molar-refractivity contribution in [2.75, 3.05) is 4.90 Å². The fraction of sp³-hybridized carbons (Fsp3) is 0.310. The molecule has 4 aromatic rings. The van der Waals surface area contributed by atoms with Crippen molar-refractivity contribution in [1.29, 1.82) is 0 Å². The SMILES string of the molecule is CCc1ccc(N(C(=O)Cn2nnc(-c3ccc(C)cc3)n2)C(C(=O)NC(C)(C)C)c2ccncc2)cc1. The van der Waals surface area contributed by atoms with Crippen LogP contribution in [0.3, 0.4) is 0 Å². The topological polar surface area (TPSA) is 106 Å². The molecule has 4 rings (SSSR count). The molecule has 38 heavy (non-hydrogen) atoms. The van der Waals surface area contributed by atoms with Gasteiger partial charge in [0, 0.05) is 29.2 Å². The quantitative estimate of drug-likeness (QED) is 0.378. The molecule has 2 aromatic carbocycles. The molecular weight excluding hydrogens is 478 g/mol. The lowest BCUT2D eigenvalue weighted by Crippen LogP contribution is -2.50. The third-order valence-electron chi connectivity index (χ3n) is 5.96. The van der Waals surface area contributed by atoms with E-state index in [4.69, 9.17) is 0 Å².